The van der Waals surface area contributed by atoms with E-state index in [0.29, 0.717) is 81.9 Å². The van der Waals surface area contributed by atoms with Crippen LogP contribution in [-0.2, 0) is 36.1 Å². The Balaban J connectivity index is 1.07. The normalized spacial score (nSPS) is 17.8. The minimum Gasteiger partial charge on any atom is -0.481 e. The Morgan fingerprint density at radius 1 is 1.10 bits per heavy atom. The number of rotatable bonds is 11. The fraction of sp³-hybridized carbons (Fsp3) is 0.400. The van der Waals surface area contributed by atoms with Crippen LogP contribution < -0.4 is 20.7 Å². The number of imidazole rings is 1. The summed E-state index contributed by atoms with van der Waals surface area (Å²) in [6.07, 6.45) is 3.87. The Bertz CT molecular complexity index is 1900. The second-order valence-electron chi connectivity index (χ2n) is 12.7. The van der Waals surface area contributed by atoms with Crippen molar-refractivity contribution in [2.24, 2.45) is 13.0 Å². The monoisotopic (exact) mass is 704 g/mol. The lowest BCUT2D eigenvalue weighted by Gasteiger charge is -2.34. The second-order valence-corrected chi connectivity index (χ2v) is 13.5. The van der Waals surface area contributed by atoms with E-state index in [1.54, 1.807) is 31.5 Å². The van der Waals surface area contributed by atoms with Crippen molar-refractivity contribution in [3.05, 3.63) is 75.4 Å². The van der Waals surface area contributed by atoms with Gasteiger partial charge >= 0.3 is 0 Å². The maximum atomic E-state index is 13.5. The summed E-state index contributed by atoms with van der Waals surface area (Å²) in [5.41, 5.74) is 5.59. The number of carbonyl (C=O) groups is 2. The number of hydrogen-bond donors (Lipinski definition) is 3. The summed E-state index contributed by atoms with van der Waals surface area (Å²) < 4.78 is 12.8. The van der Waals surface area contributed by atoms with Crippen molar-refractivity contribution in [1.82, 2.24) is 35.1 Å². The smallest absolute Gasteiger partial charge is 0.291 e. The van der Waals surface area contributed by atoms with E-state index in [2.05, 4.69) is 25.8 Å². The third-order valence-corrected chi connectivity index (χ3v) is 10.1. The zero-order valence-corrected chi connectivity index (χ0v) is 28.9. The Hall–Kier alpha value is -4.07. The third-order valence-electron chi connectivity index (χ3n) is 9.35. The van der Waals surface area contributed by atoms with Gasteiger partial charge in [-0.1, -0.05) is 41.4 Å². The first-order valence-corrected chi connectivity index (χ1v) is 17.2. The number of methoxy groups -OCH3 is 1. The molecule has 2 fully saturated rings. The highest BCUT2D eigenvalue weighted by Gasteiger charge is 2.29. The quantitative estimate of drug-likeness (QED) is 0.207. The van der Waals surface area contributed by atoms with Gasteiger partial charge in [-0.15, -0.1) is 0 Å². The Morgan fingerprint density at radius 3 is 2.71 bits per heavy atom. The van der Waals surface area contributed by atoms with Gasteiger partial charge in [0.25, 0.3) is 5.91 Å². The van der Waals surface area contributed by atoms with Crippen molar-refractivity contribution in [1.29, 1.82) is 0 Å². The van der Waals surface area contributed by atoms with Crippen LogP contribution >= 0.6 is 23.2 Å². The van der Waals surface area contributed by atoms with Crippen molar-refractivity contribution in [2.45, 2.75) is 38.4 Å². The number of hydrogen-bond acceptors (Lipinski definition) is 9. The molecule has 3 aliphatic heterocycles. The van der Waals surface area contributed by atoms with Crippen molar-refractivity contribution < 1.29 is 19.1 Å². The molecule has 3 N–H and O–H groups in total. The lowest BCUT2D eigenvalue weighted by molar-refractivity contribution is -0.119. The summed E-state index contributed by atoms with van der Waals surface area (Å²) in [7, 11) is 3.46. The molecule has 49 heavy (non-hydrogen) atoms. The van der Waals surface area contributed by atoms with Crippen LogP contribution in [0.4, 0.5) is 5.69 Å². The van der Waals surface area contributed by atoms with E-state index in [1.807, 2.05) is 29.8 Å². The number of benzene rings is 1. The molecule has 256 valence electrons. The first-order chi connectivity index (χ1) is 23.8. The van der Waals surface area contributed by atoms with Gasteiger partial charge in [0, 0.05) is 93.2 Å². The molecule has 0 unspecified atom stereocenters. The van der Waals surface area contributed by atoms with Gasteiger partial charge in [-0.2, -0.15) is 0 Å². The van der Waals surface area contributed by atoms with Crippen LogP contribution in [0.25, 0.3) is 22.5 Å². The lowest BCUT2D eigenvalue weighted by atomic mass is 10.1. The highest BCUT2D eigenvalue weighted by molar-refractivity contribution is 6.39. The number of fused-ring (bicyclic) bond motifs is 1. The van der Waals surface area contributed by atoms with Gasteiger partial charge < -0.3 is 30.0 Å². The summed E-state index contributed by atoms with van der Waals surface area (Å²) in [4.78, 5) is 41.5. The largest absolute Gasteiger partial charge is 0.481 e. The molecule has 7 rings (SSSR count). The highest BCUT2D eigenvalue weighted by Crippen LogP contribution is 2.40. The summed E-state index contributed by atoms with van der Waals surface area (Å²) in [5.74, 6) is 1.11. The summed E-state index contributed by atoms with van der Waals surface area (Å²) in [6.45, 7) is 5.43. The second kappa shape index (κ2) is 14.4. The highest BCUT2D eigenvalue weighted by atomic mass is 35.5. The Kier molecular flexibility index (Phi) is 9.84. The molecule has 3 aliphatic rings. The topological polar surface area (TPSA) is 136 Å². The molecule has 0 saturated carbocycles. The van der Waals surface area contributed by atoms with Gasteiger partial charge in [0.05, 0.1) is 53.1 Å². The van der Waals surface area contributed by atoms with E-state index in [1.165, 1.54) is 0 Å². The number of carbonyl (C=O) groups excluding carboxylic acids is 2. The molecule has 2 amide bonds. The summed E-state index contributed by atoms with van der Waals surface area (Å²) >= 11 is 13.9. The number of amides is 2. The predicted molar refractivity (Wildman–Crippen MR) is 187 cm³/mol. The first kappa shape index (κ1) is 33.4. The molecule has 0 aliphatic carbocycles. The molecule has 1 aromatic carbocycles. The summed E-state index contributed by atoms with van der Waals surface area (Å²) in [6, 6.07) is 11.1. The number of nitrogens with zero attached hydrogens (tertiary/aromatic N) is 5. The molecule has 12 nitrogen and oxygen atoms in total. The average molecular weight is 706 g/mol. The Morgan fingerprint density at radius 2 is 1.96 bits per heavy atom. The van der Waals surface area contributed by atoms with Crippen molar-refractivity contribution in [3.8, 4) is 28.4 Å². The average Bonchev–Trinajstić information content (AvgIpc) is 3.65. The molecule has 6 heterocycles. The fourth-order valence-electron chi connectivity index (χ4n) is 6.66. The zero-order valence-electron chi connectivity index (χ0n) is 27.4. The van der Waals surface area contributed by atoms with E-state index in [0.717, 1.165) is 56.1 Å². The lowest BCUT2D eigenvalue weighted by Crippen LogP contribution is -2.41. The van der Waals surface area contributed by atoms with Crippen LogP contribution in [0.2, 0.25) is 10.0 Å². The molecule has 1 atom stereocenters. The molecule has 2 saturated heterocycles. The van der Waals surface area contributed by atoms with Gasteiger partial charge in [0.2, 0.25) is 11.8 Å². The minimum atomic E-state index is -0.346. The first-order valence-electron chi connectivity index (χ1n) is 16.4. The maximum absolute atomic E-state index is 13.5. The zero-order chi connectivity index (χ0) is 34.1. The van der Waals surface area contributed by atoms with Crippen LogP contribution in [0.15, 0.2) is 42.6 Å². The number of aromatic nitrogens is 4. The SMILES string of the molecule is COc1nc(-c2ccnc(-c3cccc(NC(=O)c4nc5c(n4C)CCN(CC4COC4)C5)c3Cl)c2Cl)ccc1CNC[C@H]1CCC(=O)N1. The molecule has 0 radical (unpaired) electrons. The van der Waals surface area contributed by atoms with Crippen LogP contribution in [0, 0.1) is 5.92 Å². The van der Waals surface area contributed by atoms with E-state index >= 15 is 0 Å². The van der Waals surface area contributed by atoms with Crippen LogP contribution in [0.5, 0.6) is 5.88 Å². The summed E-state index contributed by atoms with van der Waals surface area (Å²) in [5, 5.41) is 9.97. The molecule has 14 heteroatoms. The number of halogens is 2. The molecule has 4 aromatic rings. The van der Waals surface area contributed by atoms with Gasteiger partial charge in [-0.25, -0.2) is 9.97 Å². The predicted octanol–water partition coefficient (Wildman–Crippen LogP) is 4.48. The minimum absolute atomic E-state index is 0.0897. The maximum Gasteiger partial charge on any atom is 0.291 e. The molecule has 3 aromatic heterocycles. The number of nitrogens with one attached hydrogen (secondary N) is 3. The van der Waals surface area contributed by atoms with E-state index < -0.39 is 0 Å². The van der Waals surface area contributed by atoms with Crippen LogP contribution in [0.1, 0.15) is 40.4 Å². The van der Waals surface area contributed by atoms with Gasteiger partial charge in [-0.05, 0) is 24.6 Å². The van der Waals surface area contributed by atoms with Crippen LogP contribution in [0.3, 0.4) is 0 Å². The molecular formula is C35H38Cl2N8O4. The van der Waals surface area contributed by atoms with E-state index in [4.69, 9.17) is 42.6 Å². The molecular weight excluding hydrogens is 667 g/mol. The van der Waals surface area contributed by atoms with Crippen molar-refractivity contribution in [2.75, 3.05) is 45.3 Å². The number of anilines is 1. The number of pyridine rings is 2. The van der Waals surface area contributed by atoms with Gasteiger partial charge in [-0.3, -0.25) is 19.5 Å². The van der Waals surface area contributed by atoms with E-state index in [-0.39, 0.29) is 17.9 Å². The van der Waals surface area contributed by atoms with Crippen LogP contribution in [-0.4, -0.2) is 82.2 Å². The van der Waals surface area contributed by atoms with Crippen molar-refractivity contribution in [3.63, 3.8) is 0 Å². The fourth-order valence-corrected chi connectivity index (χ4v) is 7.23. The van der Waals surface area contributed by atoms with Gasteiger partial charge in [0.1, 0.15) is 0 Å². The van der Waals surface area contributed by atoms with Gasteiger partial charge in [0.15, 0.2) is 5.82 Å². The molecule has 0 spiro atoms. The molecule has 0 bridgehead atoms. The number of ether oxygens (including phenoxy) is 2. The van der Waals surface area contributed by atoms with E-state index in [9.17, 15) is 9.59 Å². The Labute approximate surface area is 294 Å². The van der Waals surface area contributed by atoms with Crippen molar-refractivity contribution >= 4 is 40.7 Å². The third kappa shape index (κ3) is 7.01. The standard InChI is InChI=1S/C35H38Cl2N8O4/c1-44-28-11-13-45(16-20-18-49-19-20)17-27(28)41-33(44)34(47)42-26-5-3-4-24(30(26)36)32-31(37)23(10-12-39-32)25-8-6-21(35(43-25)48-2)14-38-15-22-7-9-29(46)40-22/h3-6,8,10,12,20,22,38H,7,9,11,13-19H2,1-2H3,(H,40,46)(H,42,47)/t22-/m1/s1.